The van der Waals surface area contributed by atoms with Crippen LogP contribution < -0.4 is 20.7 Å². The fraction of sp³-hybridized carbons (Fsp3) is 0.528. The van der Waals surface area contributed by atoms with Crippen LogP contribution in [0, 0.1) is 5.92 Å². The number of methoxy groups -OCH3 is 1. The third-order valence-corrected chi connectivity index (χ3v) is 10.4. The van der Waals surface area contributed by atoms with E-state index < -0.39 is 45.7 Å². The highest BCUT2D eigenvalue weighted by molar-refractivity contribution is 7.91. The minimum atomic E-state index is -3.68. The van der Waals surface area contributed by atoms with Gasteiger partial charge in [0.05, 0.1) is 17.8 Å². The number of sulfone groups is 1. The first-order valence-corrected chi connectivity index (χ1v) is 18.7. The number of carbonyl (C=O) groups excluding carboxylic acids is 5. The number of ether oxygens (including phenoxy) is 1. The highest BCUT2D eigenvalue weighted by atomic mass is 32.2. The fourth-order valence-electron chi connectivity index (χ4n) is 5.60. The van der Waals surface area contributed by atoms with Crippen LogP contribution >= 0.6 is 0 Å². The third-order valence-electron chi connectivity index (χ3n) is 8.66. The van der Waals surface area contributed by atoms with Crippen LogP contribution in [0.2, 0.25) is 0 Å². The molecule has 0 bridgehead atoms. The summed E-state index contributed by atoms with van der Waals surface area (Å²) >= 11 is 0. The Kier molecular flexibility index (Phi) is 15.2. The van der Waals surface area contributed by atoms with Crippen LogP contribution in [0.15, 0.2) is 59.5 Å². The molecule has 1 aliphatic heterocycles. The lowest BCUT2D eigenvalue weighted by Gasteiger charge is -2.30. The zero-order valence-electron chi connectivity index (χ0n) is 29.6. The molecule has 3 atom stereocenters. The van der Waals surface area contributed by atoms with E-state index in [2.05, 4.69) is 16.0 Å². The molecule has 50 heavy (non-hydrogen) atoms. The molecule has 0 saturated carbocycles. The maximum absolute atomic E-state index is 13.8. The van der Waals surface area contributed by atoms with E-state index in [0.29, 0.717) is 18.6 Å². The van der Waals surface area contributed by atoms with Gasteiger partial charge in [0.1, 0.15) is 23.9 Å². The number of nitrogens with one attached hydrogen (secondary N) is 3. The van der Waals surface area contributed by atoms with Gasteiger partial charge >= 0.3 is 0 Å². The van der Waals surface area contributed by atoms with Gasteiger partial charge in [-0.05, 0) is 61.9 Å². The average Bonchev–Trinajstić information content (AvgIpc) is 3.10. The first kappa shape index (κ1) is 40.0. The quantitative estimate of drug-likeness (QED) is 0.355. The van der Waals surface area contributed by atoms with Crippen molar-refractivity contribution in [2.75, 3.05) is 39.5 Å². The Balaban J connectivity index is 1.80. The lowest BCUT2D eigenvalue weighted by atomic mass is 10.00. The number of rotatable bonds is 9. The summed E-state index contributed by atoms with van der Waals surface area (Å²) in [4.78, 5) is 70.0. The topological polar surface area (TPSA) is 171 Å². The molecule has 1 heterocycles. The van der Waals surface area contributed by atoms with E-state index in [-0.39, 0.29) is 73.7 Å². The van der Waals surface area contributed by atoms with Crippen molar-refractivity contribution >= 4 is 39.4 Å². The standard InChI is InChI=1S/C36H51N5O8S/c1-25(2)23-30-35(45)39-31(24-27-14-16-28(49-5)17-15-27)36(46)40(4)26(3)34(44)37-19-10-21-41(20-9-13-32(42)38-30)33(43)18-22-50(47,48)29-11-7-6-8-12-29/h6-8,11-12,14-17,25-26,30-31H,9-10,13,18-24H2,1-5H3,(H,37,44)(H,38,42)(H,39,45)/t26-,30+,31-/m0/s1. The van der Waals surface area contributed by atoms with Gasteiger partial charge in [-0.25, -0.2) is 8.42 Å². The summed E-state index contributed by atoms with van der Waals surface area (Å²) in [6.07, 6.45) is 0.868. The van der Waals surface area contributed by atoms with Crippen molar-refractivity contribution in [3.63, 3.8) is 0 Å². The number of hydrogen-bond acceptors (Lipinski definition) is 8. The summed E-state index contributed by atoms with van der Waals surface area (Å²) in [6.45, 7) is 6.02. The maximum atomic E-state index is 13.8. The summed E-state index contributed by atoms with van der Waals surface area (Å²) in [6, 6.07) is 12.2. The molecule has 0 aromatic heterocycles. The van der Waals surface area contributed by atoms with Crippen molar-refractivity contribution in [3.8, 4) is 5.75 Å². The summed E-state index contributed by atoms with van der Waals surface area (Å²) in [7, 11) is -0.634. The molecule has 5 amide bonds. The number of likely N-dealkylation sites (N-methyl/N-ethyl adjacent to an activating group) is 1. The Morgan fingerprint density at radius 2 is 1.58 bits per heavy atom. The molecule has 1 fully saturated rings. The molecule has 2 aromatic rings. The van der Waals surface area contributed by atoms with Crippen LogP contribution in [0.3, 0.4) is 0 Å². The summed E-state index contributed by atoms with van der Waals surface area (Å²) < 4.78 is 30.8. The first-order valence-electron chi connectivity index (χ1n) is 17.0. The molecular formula is C36H51N5O8S. The Bertz CT molecular complexity index is 1570. The number of benzene rings is 2. The third kappa shape index (κ3) is 12.1. The van der Waals surface area contributed by atoms with Crippen molar-refractivity contribution in [2.24, 2.45) is 5.92 Å². The van der Waals surface area contributed by atoms with Crippen LogP contribution in [0.5, 0.6) is 5.75 Å². The van der Waals surface area contributed by atoms with Crippen LogP contribution in [-0.2, 0) is 40.2 Å². The number of carbonyl (C=O) groups is 5. The molecule has 0 unspecified atom stereocenters. The number of nitrogens with zero attached hydrogens (tertiary/aromatic N) is 2. The number of hydrogen-bond donors (Lipinski definition) is 3. The van der Waals surface area contributed by atoms with E-state index in [4.69, 9.17) is 4.74 Å². The van der Waals surface area contributed by atoms with Crippen LogP contribution in [0.1, 0.15) is 58.4 Å². The molecule has 3 N–H and O–H groups in total. The van der Waals surface area contributed by atoms with Crippen molar-refractivity contribution < 1.29 is 37.1 Å². The van der Waals surface area contributed by atoms with E-state index >= 15 is 0 Å². The van der Waals surface area contributed by atoms with Gasteiger partial charge in [-0.1, -0.05) is 44.2 Å². The molecule has 13 nitrogen and oxygen atoms in total. The highest BCUT2D eigenvalue weighted by Gasteiger charge is 2.32. The van der Waals surface area contributed by atoms with Gasteiger partial charge < -0.3 is 30.5 Å². The van der Waals surface area contributed by atoms with Gasteiger partial charge in [-0.15, -0.1) is 0 Å². The van der Waals surface area contributed by atoms with Crippen molar-refractivity contribution in [1.29, 1.82) is 0 Å². The second-order valence-electron chi connectivity index (χ2n) is 13.0. The van der Waals surface area contributed by atoms with Gasteiger partial charge in [0.2, 0.25) is 29.5 Å². The zero-order chi connectivity index (χ0) is 36.8. The van der Waals surface area contributed by atoms with Crippen LogP contribution in [0.25, 0.3) is 0 Å². The SMILES string of the molecule is COc1ccc(C[C@@H]2NC(=O)[C@@H](CC(C)C)NC(=O)CCCN(C(=O)CCS(=O)(=O)c3ccccc3)CCCNC(=O)[C@H](C)N(C)C2=O)cc1. The largest absolute Gasteiger partial charge is 0.497 e. The molecule has 3 rings (SSSR count). The van der Waals surface area contributed by atoms with Crippen LogP contribution in [0.4, 0.5) is 0 Å². The summed E-state index contributed by atoms with van der Waals surface area (Å²) in [5.74, 6) is -1.88. The van der Waals surface area contributed by atoms with E-state index in [1.807, 2.05) is 13.8 Å². The number of amides is 5. The predicted octanol–water partition coefficient (Wildman–Crippen LogP) is 2.09. The van der Waals surface area contributed by atoms with Crippen LogP contribution in [-0.4, -0.2) is 105 Å². The van der Waals surface area contributed by atoms with E-state index in [1.165, 1.54) is 29.0 Å². The van der Waals surface area contributed by atoms with Gasteiger partial charge in [0.15, 0.2) is 9.84 Å². The van der Waals surface area contributed by atoms with Crippen molar-refractivity contribution in [3.05, 3.63) is 60.2 Å². The fourth-order valence-corrected chi connectivity index (χ4v) is 6.85. The van der Waals surface area contributed by atoms with E-state index in [0.717, 1.165) is 5.56 Å². The maximum Gasteiger partial charge on any atom is 0.245 e. The second kappa shape index (κ2) is 19.1. The Hall–Kier alpha value is -4.46. The smallest absolute Gasteiger partial charge is 0.245 e. The second-order valence-corrected chi connectivity index (χ2v) is 15.1. The normalized spacial score (nSPS) is 20.7. The molecule has 1 saturated heterocycles. The molecule has 274 valence electrons. The Morgan fingerprint density at radius 1 is 0.920 bits per heavy atom. The molecule has 0 spiro atoms. The molecule has 0 aliphatic carbocycles. The predicted molar refractivity (Wildman–Crippen MR) is 189 cm³/mol. The molecule has 0 radical (unpaired) electrons. The van der Waals surface area contributed by atoms with Gasteiger partial charge in [-0.3, -0.25) is 24.0 Å². The zero-order valence-corrected chi connectivity index (χ0v) is 30.5. The molecule has 1 aliphatic rings. The molecule has 14 heteroatoms. The summed E-state index contributed by atoms with van der Waals surface area (Å²) in [5, 5.41) is 8.47. The molecular weight excluding hydrogens is 662 g/mol. The van der Waals surface area contributed by atoms with E-state index in [1.54, 1.807) is 56.5 Å². The monoisotopic (exact) mass is 713 g/mol. The van der Waals surface area contributed by atoms with E-state index in [9.17, 15) is 32.4 Å². The van der Waals surface area contributed by atoms with Gasteiger partial charge in [0.25, 0.3) is 0 Å². The lowest BCUT2D eigenvalue weighted by Crippen LogP contribution is -2.57. The van der Waals surface area contributed by atoms with Gasteiger partial charge in [-0.2, -0.15) is 0 Å². The highest BCUT2D eigenvalue weighted by Crippen LogP contribution is 2.16. The average molecular weight is 714 g/mol. The summed E-state index contributed by atoms with van der Waals surface area (Å²) in [5.41, 5.74) is 0.762. The van der Waals surface area contributed by atoms with Gasteiger partial charge in [0, 0.05) is 45.9 Å². The Labute approximate surface area is 295 Å². The minimum absolute atomic E-state index is 0.0131. The Morgan fingerprint density at radius 3 is 2.22 bits per heavy atom. The van der Waals surface area contributed by atoms with Crippen molar-refractivity contribution in [2.45, 2.75) is 82.3 Å². The molecule has 2 aromatic carbocycles. The first-order chi connectivity index (χ1) is 23.7. The minimum Gasteiger partial charge on any atom is -0.497 e. The lowest BCUT2D eigenvalue weighted by molar-refractivity contribution is -0.141. The van der Waals surface area contributed by atoms with Crippen molar-refractivity contribution in [1.82, 2.24) is 25.8 Å².